The quantitative estimate of drug-likeness (QED) is 0.705. The summed E-state index contributed by atoms with van der Waals surface area (Å²) in [6, 6.07) is 5.68. The third kappa shape index (κ3) is 1.83. The second kappa shape index (κ2) is 3.97. The Labute approximate surface area is 96.3 Å². The van der Waals surface area contributed by atoms with Crippen molar-refractivity contribution in [1.29, 1.82) is 0 Å². The Hall–Kier alpha value is -0.440. The van der Waals surface area contributed by atoms with Gasteiger partial charge in [0, 0.05) is 4.88 Å². The smallest absolute Gasteiger partial charge is 0.126 e. The van der Waals surface area contributed by atoms with E-state index in [9.17, 15) is 0 Å². The minimum Gasteiger partial charge on any atom is -0.467 e. The Morgan fingerprint density at radius 2 is 2.29 bits per heavy atom. The largest absolute Gasteiger partial charge is 0.467 e. The molecule has 0 aliphatic rings. The maximum atomic E-state index is 6.22. The summed E-state index contributed by atoms with van der Waals surface area (Å²) < 4.78 is 6.02. The predicted octanol–water partition coefficient (Wildman–Crippen LogP) is 4.63. The van der Waals surface area contributed by atoms with Gasteiger partial charge in [-0.3, -0.25) is 0 Å². The zero-order valence-electron chi connectivity index (χ0n) is 7.46. The molecule has 74 valence electrons. The van der Waals surface area contributed by atoms with Crippen LogP contribution >= 0.6 is 34.5 Å². The molecule has 0 aliphatic heterocycles. The molecule has 0 spiro atoms. The Balaban J connectivity index is 2.32. The second-order valence-corrected chi connectivity index (χ2v) is 5.11. The highest BCUT2D eigenvalue weighted by Crippen LogP contribution is 2.37. The van der Waals surface area contributed by atoms with Gasteiger partial charge in [0.15, 0.2) is 0 Å². The monoisotopic (exact) mass is 246 g/mol. The van der Waals surface area contributed by atoms with Gasteiger partial charge in [-0.25, -0.2) is 0 Å². The summed E-state index contributed by atoms with van der Waals surface area (Å²) in [5.74, 6) is 0.754. The van der Waals surface area contributed by atoms with Crippen molar-refractivity contribution in [2.45, 2.75) is 12.3 Å². The fourth-order valence-electron chi connectivity index (χ4n) is 1.18. The summed E-state index contributed by atoms with van der Waals surface area (Å²) >= 11 is 13.7. The zero-order chi connectivity index (χ0) is 10.1. The van der Waals surface area contributed by atoms with Gasteiger partial charge in [-0.1, -0.05) is 11.6 Å². The van der Waals surface area contributed by atoms with Crippen LogP contribution in [0.25, 0.3) is 0 Å². The van der Waals surface area contributed by atoms with Crippen molar-refractivity contribution in [2.75, 3.05) is 0 Å². The molecule has 0 fully saturated rings. The third-order valence-electron chi connectivity index (χ3n) is 1.92. The van der Waals surface area contributed by atoms with E-state index in [1.54, 1.807) is 6.26 Å². The van der Waals surface area contributed by atoms with Crippen LogP contribution in [0.4, 0.5) is 0 Å². The molecular weight excluding hydrogens is 239 g/mol. The van der Waals surface area contributed by atoms with Gasteiger partial charge >= 0.3 is 0 Å². The summed E-state index contributed by atoms with van der Waals surface area (Å²) in [4.78, 5) is 1.02. The van der Waals surface area contributed by atoms with E-state index >= 15 is 0 Å². The first-order chi connectivity index (χ1) is 6.68. The van der Waals surface area contributed by atoms with Crippen LogP contribution < -0.4 is 0 Å². The predicted molar refractivity (Wildman–Crippen MR) is 60.5 cm³/mol. The molecule has 1 atom stereocenters. The molecule has 2 aromatic rings. The van der Waals surface area contributed by atoms with Crippen LogP contribution in [0.15, 0.2) is 28.9 Å². The SMILES string of the molecule is Cc1cc(C(Cl)c2ccco2)sc1Cl. The summed E-state index contributed by atoms with van der Waals surface area (Å²) in [6.45, 7) is 1.97. The minimum atomic E-state index is -0.235. The molecule has 0 saturated heterocycles. The number of rotatable bonds is 2. The van der Waals surface area contributed by atoms with Gasteiger partial charge in [-0.15, -0.1) is 22.9 Å². The van der Waals surface area contributed by atoms with Gasteiger partial charge < -0.3 is 4.42 Å². The fraction of sp³-hybridized carbons (Fsp3) is 0.200. The number of furan rings is 1. The lowest BCUT2D eigenvalue weighted by Crippen LogP contribution is -1.85. The average molecular weight is 247 g/mol. The lowest BCUT2D eigenvalue weighted by molar-refractivity contribution is 0.517. The van der Waals surface area contributed by atoms with Crippen LogP contribution in [0.1, 0.15) is 21.6 Å². The maximum Gasteiger partial charge on any atom is 0.126 e. The number of halogens is 2. The molecular formula is C10H8Cl2OS. The molecule has 0 bridgehead atoms. The molecule has 1 nitrogen and oxygen atoms in total. The van der Waals surface area contributed by atoms with Crippen LogP contribution in [0.5, 0.6) is 0 Å². The van der Waals surface area contributed by atoms with E-state index in [0.717, 1.165) is 20.5 Å². The fourth-order valence-corrected chi connectivity index (χ4v) is 2.71. The van der Waals surface area contributed by atoms with E-state index in [4.69, 9.17) is 27.6 Å². The number of alkyl halides is 1. The molecule has 0 radical (unpaired) electrons. The summed E-state index contributed by atoms with van der Waals surface area (Å²) in [5, 5.41) is -0.235. The molecule has 0 aromatic carbocycles. The van der Waals surface area contributed by atoms with Gasteiger partial charge in [0.2, 0.25) is 0 Å². The van der Waals surface area contributed by atoms with Crippen molar-refractivity contribution in [3.63, 3.8) is 0 Å². The van der Waals surface area contributed by atoms with Crippen molar-refractivity contribution in [3.05, 3.63) is 45.0 Å². The normalized spacial score (nSPS) is 13.1. The maximum absolute atomic E-state index is 6.22. The van der Waals surface area contributed by atoms with Crippen LogP contribution in [-0.4, -0.2) is 0 Å². The topological polar surface area (TPSA) is 13.1 Å². The second-order valence-electron chi connectivity index (χ2n) is 2.98. The lowest BCUT2D eigenvalue weighted by Gasteiger charge is -2.01. The highest BCUT2D eigenvalue weighted by molar-refractivity contribution is 7.16. The molecule has 1 unspecified atom stereocenters. The van der Waals surface area contributed by atoms with E-state index in [1.165, 1.54) is 11.3 Å². The van der Waals surface area contributed by atoms with Crippen LogP contribution in [0.2, 0.25) is 4.34 Å². The van der Waals surface area contributed by atoms with Crippen LogP contribution in [0, 0.1) is 6.92 Å². The molecule has 0 N–H and O–H groups in total. The first-order valence-electron chi connectivity index (χ1n) is 4.12. The average Bonchev–Trinajstić information content (AvgIpc) is 2.76. The lowest BCUT2D eigenvalue weighted by atomic mass is 10.2. The molecule has 4 heteroatoms. The van der Waals surface area contributed by atoms with Crippen molar-refractivity contribution < 1.29 is 4.42 Å². The Bertz CT molecular complexity index is 400. The van der Waals surface area contributed by atoms with Crippen molar-refractivity contribution >= 4 is 34.5 Å². The Morgan fingerprint density at radius 3 is 2.79 bits per heavy atom. The van der Waals surface area contributed by atoms with Gasteiger partial charge in [-0.2, -0.15) is 0 Å². The Kier molecular flexibility index (Phi) is 2.86. The number of thiophene rings is 1. The standard InChI is InChI=1S/C10H8Cl2OS/c1-6-5-8(14-10(6)12)9(11)7-3-2-4-13-7/h2-5,9H,1H3. The molecule has 14 heavy (non-hydrogen) atoms. The molecule has 0 aliphatic carbocycles. The van der Waals surface area contributed by atoms with Crippen molar-refractivity contribution in [1.82, 2.24) is 0 Å². The third-order valence-corrected chi connectivity index (χ3v) is 4.12. The van der Waals surface area contributed by atoms with E-state index in [0.29, 0.717) is 0 Å². The Morgan fingerprint density at radius 1 is 1.50 bits per heavy atom. The van der Waals surface area contributed by atoms with E-state index in [1.807, 2.05) is 25.1 Å². The molecule has 0 amide bonds. The zero-order valence-corrected chi connectivity index (χ0v) is 9.79. The number of hydrogen-bond donors (Lipinski definition) is 0. The minimum absolute atomic E-state index is 0.235. The number of hydrogen-bond acceptors (Lipinski definition) is 2. The van der Waals surface area contributed by atoms with E-state index < -0.39 is 0 Å². The summed E-state index contributed by atoms with van der Waals surface area (Å²) in [5.41, 5.74) is 1.06. The van der Waals surface area contributed by atoms with E-state index in [-0.39, 0.29) is 5.38 Å². The highest BCUT2D eigenvalue weighted by Gasteiger charge is 2.16. The van der Waals surface area contributed by atoms with Crippen molar-refractivity contribution in [3.8, 4) is 0 Å². The first kappa shape index (κ1) is 10.1. The van der Waals surface area contributed by atoms with Gasteiger partial charge in [-0.05, 0) is 30.7 Å². The summed E-state index contributed by atoms with van der Waals surface area (Å²) in [6.07, 6.45) is 1.62. The molecule has 2 heterocycles. The van der Waals surface area contributed by atoms with Gasteiger partial charge in [0.1, 0.15) is 11.1 Å². The van der Waals surface area contributed by atoms with Gasteiger partial charge in [0.25, 0.3) is 0 Å². The summed E-state index contributed by atoms with van der Waals surface area (Å²) in [7, 11) is 0. The molecule has 2 aromatic heterocycles. The van der Waals surface area contributed by atoms with Crippen molar-refractivity contribution in [2.24, 2.45) is 0 Å². The number of aryl methyl sites for hydroxylation is 1. The van der Waals surface area contributed by atoms with Crippen LogP contribution in [-0.2, 0) is 0 Å². The van der Waals surface area contributed by atoms with E-state index in [2.05, 4.69) is 0 Å². The van der Waals surface area contributed by atoms with Crippen LogP contribution in [0.3, 0.4) is 0 Å². The van der Waals surface area contributed by atoms with Gasteiger partial charge in [0.05, 0.1) is 10.6 Å². The molecule has 0 saturated carbocycles. The molecule has 2 rings (SSSR count). The first-order valence-corrected chi connectivity index (χ1v) is 5.75. The highest BCUT2D eigenvalue weighted by atomic mass is 35.5.